The summed E-state index contributed by atoms with van der Waals surface area (Å²) in [7, 11) is 4.31. The lowest BCUT2D eigenvalue weighted by atomic mass is 9.88. The van der Waals surface area contributed by atoms with Gasteiger partial charge in [0.15, 0.2) is 11.5 Å². The van der Waals surface area contributed by atoms with Crippen LogP contribution in [-0.2, 0) is 11.3 Å². The second-order valence-electron chi connectivity index (χ2n) is 11.1. The lowest BCUT2D eigenvalue weighted by molar-refractivity contribution is -0.130. The van der Waals surface area contributed by atoms with Gasteiger partial charge in [-0.25, -0.2) is 19.4 Å². The van der Waals surface area contributed by atoms with Crippen molar-refractivity contribution in [3.05, 3.63) is 66.1 Å². The topological polar surface area (TPSA) is 104 Å². The molecular formula is C30H41N9O2. The Bertz CT molecular complexity index is 1510. The van der Waals surface area contributed by atoms with Crippen molar-refractivity contribution in [1.82, 2.24) is 29.2 Å². The van der Waals surface area contributed by atoms with Crippen molar-refractivity contribution in [1.29, 1.82) is 0 Å². The molecule has 11 heteroatoms. The average Bonchev–Trinajstić information content (AvgIpc) is 3.20. The van der Waals surface area contributed by atoms with E-state index in [2.05, 4.69) is 76.5 Å². The highest BCUT2D eigenvalue weighted by Gasteiger charge is 2.31. The number of nitrogens with zero attached hydrogens (tertiary/aromatic N) is 8. The fraction of sp³-hybridized carbons (Fsp3) is 0.433. The van der Waals surface area contributed by atoms with Crippen LogP contribution in [0.4, 0.5) is 17.3 Å². The maximum absolute atomic E-state index is 13.3. The molecular weight excluding hydrogens is 518 g/mol. The molecule has 11 nitrogen and oxygen atoms in total. The summed E-state index contributed by atoms with van der Waals surface area (Å²) in [6, 6.07) is 8.01. The monoisotopic (exact) mass is 559 g/mol. The Balaban J connectivity index is 1.65. The molecule has 1 saturated heterocycles. The number of piperidine rings is 1. The Hall–Kier alpha value is -4.25. The Labute approximate surface area is 241 Å². The molecule has 0 aliphatic carbocycles. The zero-order valence-electron chi connectivity index (χ0n) is 25.0. The molecule has 0 saturated carbocycles. The van der Waals surface area contributed by atoms with Crippen LogP contribution in [0.1, 0.15) is 40.5 Å². The highest BCUT2D eigenvalue weighted by atomic mass is 16.2. The molecule has 0 radical (unpaired) electrons. The number of allylic oxidation sites excluding steroid dienone is 2. The third-order valence-corrected chi connectivity index (χ3v) is 7.81. The summed E-state index contributed by atoms with van der Waals surface area (Å²) in [6.45, 7) is 17.4. The van der Waals surface area contributed by atoms with Gasteiger partial charge in [0.2, 0.25) is 11.9 Å². The fourth-order valence-corrected chi connectivity index (χ4v) is 5.02. The van der Waals surface area contributed by atoms with E-state index in [0.29, 0.717) is 17.0 Å². The number of hydrogen-bond donors (Lipinski definition) is 1. The number of aromatic nitrogens is 4. The molecule has 1 fully saturated rings. The number of carbonyl (C=O) groups excluding carboxylic acids is 1. The van der Waals surface area contributed by atoms with Gasteiger partial charge in [0, 0.05) is 49.2 Å². The smallest absolute Gasteiger partial charge is 0.278 e. The van der Waals surface area contributed by atoms with Crippen molar-refractivity contribution in [2.45, 2.75) is 58.7 Å². The Kier molecular flexibility index (Phi) is 8.77. The van der Waals surface area contributed by atoms with Crippen LogP contribution in [0.5, 0.6) is 0 Å². The number of hydrazone groups is 1. The van der Waals surface area contributed by atoms with Crippen LogP contribution in [0, 0.1) is 0 Å². The predicted molar refractivity (Wildman–Crippen MR) is 166 cm³/mol. The summed E-state index contributed by atoms with van der Waals surface area (Å²) in [5.41, 5.74) is 2.28. The van der Waals surface area contributed by atoms with Crippen LogP contribution in [-0.4, -0.2) is 79.7 Å². The van der Waals surface area contributed by atoms with Gasteiger partial charge >= 0.3 is 0 Å². The van der Waals surface area contributed by atoms with E-state index < -0.39 is 0 Å². The van der Waals surface area contributed by atoms with Crippen LogP contribution in [0.3, 0.4) is 0 Å². The SMILES string of the molecule is C=CCn1c(=O)c2cnc(Nc3ccc(N4CCC(C)(N(C)C)CC4)cc3)nc2n1/C(C=C)=N/N(C(C)=O)C(C)C. The Morgan fingerprint density at radius 1 is 1.20 bits per heavy atom. The number of anilines is 3. The Morgan fingerprint density at radius 3 is 2.39 bits per heavy atom. The summed E-state index contributed by atoms with van der Waals surface area (Å²) < 4.78 is 3.00. The molecule has 0 atom stereocenters. The van der Waals surface area contributed by atoms with E-state index in [1.54, 1.807) is 10.8 Å². The highest BCUT2D eigenvalue weighted by Crippen LogP contribution is 2.30. The maximum Gasteiger partial charge on any atom is 0.278 e. The number of hydrogen-bond acceptors (Lipinski definition) is 8. The number of rotatable bonds is 9. The second-order valence-corrected chi connectivity index (χ2v) is 11.1. The van der Waals surface area contributed by atoms with E-state index in [-0.39, 0.29) is 35.4 Å². The van der Waals surface area contributed by atoms with E-state index in [1.165, 1.54) is 34.6 Å². The van der Waals surface area contributed by atoms with Crippen LogP contribution in [0.15, 0.2) is 65.7 Å². The molecule has 0 spiro atoms. The van der Waals surface area contributed by atoms with Crippen LogP contribution in [0.25, 0.3) is 11.0 Å². The molecule has 1 aliphatic heterocycles. The molecule has 1 N–H and O–H groups in total. The number of nitrogens with one attached hydrogen (secondary N) is 1. The zero-order valence-corrected chi connectivity index (χ0v) is 25.0. The van der Waals surface area contributed by atoms with Gasteiger partial charge in [-0.15, -0.1) is 11.7 Å². The molecule has 0 bridgehead atoms. The van der Waals surface area contributed by atoms with Crippen LogP contribution < -0.4 is 15.8 Å². The number of amides is 1. The first-order valence-electron chi connectivity index (χ1n) is 13.9. The van der Waals surface area contributed by atoms with Gasteiger partial charge in [-0.1, -0.05) is 12.7 Å². The molecule has 1 aliphatic rings. The summed E-state index contributed by atoms with van der Waals surface area (Å²) in [5, 5.41) is 9.43. The van der Waals surface area contributed by atoms with E-state index >= 15 is 0 Å². The third kappa shape index (κ3) is 6.09. The quantitative estimate of drug-likeness (QED) is 0.183. The molecule has 3 aromatic rings. The molecule has 0 unspecified atom stereocenters. The largest absolute Gasteiger partial charge is 0.371 e. The molecule has 2 aromatic heterocycles. The molecule has 218 valence electrons. The molecule has 41 heavy (non-hydrogen) atoms. The minimum atomic E-state index is -0.295. The van der Waals surface area contributed by atoms with Gasteiger partial charge in [0.05, 0.1) is 6.54 Å². The molecule has 4 rings (SSSR count). The first kappa shape index (κ1) is 29.7. The normalized spacial score (nSPS) is 15.4. The van der Waals surface area contributed by atoms with E-state index in [0.717, 1.165) is 31.6 Å². The van der Waals surface area contributed by atoms with E-state index in [1.807, 2.05) is 26.0 Å². The number of benzene rings is 1. The van der Waals surface area contributed by atoms with Crippen molar-refractivity contribution < 1.29 is 4.79 Å². The lowest BCUT2D eigenvalue weighted by Gasteiger charge is -2.44. The summed E-state index contributed by atoms with van der Waals surface area (Å²) in [6.07, 6.45) is 6.82. The summed E-state index contributed by atoms with van der Waals surface area (Å²) in [4.78, 5) is 39.3. The predicted octanol–water partition coefficient (Wildman–Crippen LogP) is 4.05. The van der Waals surface area contributed by atoms with Crippen molar-refractivity contribution in [2.24, 2.45) is 5.10 Å². The van der Waals surface area contributed by atoms with Crippen molar-refractivity contribution >= 4 is 40.1 Å². The van der Waals surface area contributed by atoms with Gasteiger partial charge in [-0.3, -0.25) is 9.59 Å². The second kappa shape index (κ2) is 12.1. The van der Waals surface area contributed by atoms with Crippen molar-refractivity contribution in [3.63, 3.8) is 0 Å². The molecule has 1 amide bonds. The highest BCUT2D eigenvalue weighted by molar-refractivity contribution is 5.99. The average molecular weight is 560 g/mol. The van der Waals surface area contributed by atoms with Gasteiger partial charge in [-0.2, -0.15) is 4.98 Å². The van der Waals surface area contributed by atoms with Crippen molar-refractivity contribution in [2.75, 3.05) is 37.4 Å². The fourth-order valence-electron chi connectivity index (χ4n) is 5.02. The van der Waals surface area contributed by atoms with Gasteiger partial charge in [-0.05, 0) is 78.0 Å². The van der Waals surface area contributed by atoms with Crippen LogP contribution in [0.2, 0.25) is 0 Å². The Morgan fingerprint density at radius 2 is 1.85 bits per heavy atom. The third-order valence-electron chi connectivity index (χ3n) is 7.81. The minimum absolute atomic E-state index is 0.193. The summed E-state index contributed by atoms with van der Waals surface area (Å²) >= 11 is 0. The minimum Gasteiger partial charge on any atom is -0.371 e. The number of carbonyl (C=O) groups is 1. The van der Waals surface area contributed by atoms with E-state index in [9.17, 15) is 9.59 Å². The lowest BCUT2D eigenvalue weighted by Crippen LogP contribution is -2.50. The standard InChI is InChI=1S/C30H41N9O2/c1-9-17-37-28(41)25-20-31-29(33-27(25)39(37)26(10-2)34-38(21(3)4)22(5)40)32-23-11-13-24(14-12-23)36-18-15-30(6,16-19-36)35(7)8/h9-14,20-21H,1-2,15-19H2,3-8H3,(H,31,32,33)/b34-26+. The molecule has 1 aromatic carbocycles. The van der Waals surface area contributed by atoms with E-state index in [4.69, 9.17) is 0 Å². The maximum atomic E-state index is 13.3. The van der Waals surface area contributed by atoms with Gasteiger partial charge < -0.3 is 15.1 Å². The van der Waals surface area contributed by atoms with Gasteiger partial charge in [0.25, 0.3) is 5.56 Å². The van der Waals surface area contributed by atoms with Crippen LogP contribution >= 0.6 is 0 Å². The molecule has 3 heterocycles. The first-order chi connectivity index (χ1) is 19.5. The number of fused-ring (bicyclic) bond motifs is 1. The summed E-state index contributed by atoms with van der Waals surface area (Å²) in [5.74, 6) is 0.374. The van der Waals surface area contributed by atoms with Gasteiger partial charge in [0.1, 0.15) is 5.39 Å². The zero-order chi connectivity index (χ0) is 29.9. The first-order valence-corrected chi connectivity index (χ1v) is 13.9. The van der Waals surface area contributed by atoms with Crippen molar-refractivity contribution in [3.8, 4) is 0 Å².